The van der Waals surface area contributed by atoms with Gasteiger partial charge in [-0.2, -0.15) is 8.78 Å². The van der Waals surface area contributed by atoms with Crippen molar-refractivity contribution in [3.63, 3.8) is 0 Å². The average Bonchev–Trinajstić information content (AvgIpc) is 2.36. The Hall–Kier alpha value is -2.18. The zero-order valence-electron chi connectivity index (χ0n) is 12.1. The second-order valence-electron chi connectivity index (χ2n) is 5.38. The molecule has 5 nitrogen and oxygen atoms in total. The van der Waals surface area contributed by atoms with E-state index in [0.29, 0.717) is 5.69 Å². The first-order valence-electron chi connectivity index (χ1n) is 6.31. The van der Waals surface area contributed by atoms with Crippen LogP contribution in [0.5, 0.6) is 5.75 Å². The lowest BCUT2D eigenvalue weighted by molar-refractivity contribution is -0.130. The Balaban J connectivity index is 2.46. The molecule has 0 aliphatic heterocycles. The van der Waals surface area contributed by atoms with Crippen LogP contribution in [0.3, 0.4) is 0 Å². The van der Waals surface area contributed by atoms with Gasteiger partial charge in [0.05, 0.1) is 6.54 Å². The minimum atomic E-state index is -2.89. The Labute approximate surface area is 121 Å². The third kappa shape index (κ3) is 6.20. The third-order valence-electron chi connectivity index (χ3n) is 2.45. The van der Waals surface area contributed by atoms with Crippen molar-refractivity contribution in [3.8, 4) is 5.75 Å². The first-order chi connectivity index (χ1) is 9.68. The number of benzene rings is 1. The molecule has 0 atom stereocenters. The number of halogens is 2. The number of ether oxygens (including phenoxy) is 1. The number of alkyl halides is 2. The van der Waals surface area contributed by atoms with E-state index < -0.39 is 17.9 Å². The number of rotatable bonds is 5. The van der Waals surface area contributed by atoms with Gasteiger partial charge in [-0.15, -0.1) is 0 Å². The van der Waals surface area contributed by atoms with E-state index in [2.05, 4.69) is 15.4 Å². The van der Waals surface area contributed by atoms with Gasteiger partial charge in [0, 0.05) is 11.1 Å². The Kier molecular flexibility index (Phi) is 5.63. The lowest BCUT2D eigenvalue weighted by Crippen LogP contribution is -2.39. The Morgan fingerprint density at radius 2 is 1.76 bits per heavy atom. The topological polar surface area (TPSA) is 67.4 Å². The summed E-state index contributed by atoms with van der Waals surface area (Å²) in [5.74, 6) is -0.641. The number of anilines is 1. The van der Waals surface area contributed by atoms with Gasteiger partial charge in [-0.1, -0.05) is 20.8 Å². The molecule has 116 valence electrons. The van der Waals surface area contributed by atoms with E-state index in [1.165, 1.54) is 24.3 Å². The number of hydrogen-bond acceptors (Lipinski definition) is 3. The molecule has 0 saturated heterocycles. The van der Waals surface area contributed by atoms with Crippen LogP contribution in [-0.2, 0) is 9.59 Å². The predicted octanol–water partition coefficient (Wildman–Crippen LogP) is 2.39. The van der Waals surface area contributed by atoms with Crippen molar-refractivity contribution in [3.05, 3.63) is 24.3 Å². The molecule has 0 heterocycles. The van der Waals surface area contributed by atoms with Crippen molar-refractivity contribution in [2.75, 3.05) is 11.9 Å². The zero-order valence-corrected chi connectivity index (χ0v) is 12.1. The summed E-state index contributed by atoms with van der Waals surface area (Å²) in [6.07, 6.45) is 0. The van der Waals surface area contributed by atoms with Crippen molar-refractivity contribution < 1.29 is 23.1 Å². The molecule has 7 heteroatoms. The van der Waals surface area contributed by atoms with Crippen molar-refractivity contribution in [1.29, 1.82) is 0 Å². The van der Waals surface area contributed by atoms with Crippen LogP contribution in [0.15, 0.2) is 24.3 Å². The van der Waals surface area contributed by atoms with E-state index in [9.17, 15) is 18.4 Å². The Bertz CT molecular complexity index is 496. The summed E-state index contributed by atoms with van der Waals surface area (Å²) in [5, 5.41) is 5.04. The second kappa shape index (κ2) is 7.01. The molecule has 0 aliphatic carbocycles. The molecule has 2 amide bonds. The molecule has 1 aromatic rings. The Morgan fingerprint density at radius 3 is 2.24 bits per heavy atom. The summed E-state index contributed by atoms with van der Waals surface area (Å²) in [6, 6.07) is 5.49. The van der Waals surface area contributed by atoms with Crippen molar-refractivity contribution in [2.24, 2.45) is 5.41 Å². The van der Waals surface area contributed by atoms with E-state index >= 15 is 0 Å². The Morgan fingerprint density at radius 1 is 1.19 bits per heavy atom. The third-order valence-corrected chi connectivity index (χ3v) is 2.45. The highest BCUT2D eigenvalue weighted by Crippen LogP contribution is 2.17. The van der Waals surface area contributed by atoms with Crippen LogP contribution < -0.4 is 15.4 Å². The maximum Gasteiger partial charge on any atom is 0.387 e. The highest BCUT2D eigenvalue weighted by atomic mass is 19.3. The highest BCUT2D eigenvalue weighted by molar-refractivity contribution is 5.95. The monoisotopic (exact) mass is 300 g/mol. The maximum atomic E-state index is 12.0. The van der Waals surface area contributed by atoms with Crippen LogP contribution in [0.25, 0.3) is 0 Å². The van der Waals surface area contributed by atoms with Crippen LogP contribution in [0.1, 0.15) is 20.8 Å². The lowest BCUT2D eigenvalue weighted by atomic mass is 9.96. The molecular weight excluding hydrogens is 282 g/mol. The fourth-order valence-electron chi connectivity index (χ4n) is 1.35. The average molecular weight is 300 g/mol. The van der Waals surface area contributed by atoms with Crippen LogP contribution >= 0.6 is 0 Å². The normalized spacial score (nSPS) is 11.1. The van der Waals surface area contributed by atoms with E-state index in [1.54, 1.807) is 20.8 Å². The van der Waals surface area contributed by atoms with Crippen molar-refractivity contribution in [2.45, 2.75) is 27.4 Å². The number of hydrogen-bond donors (Lipinski definition) is 2. The maximum absolute atomic E-state index is 12.0. The first-order valence-corrected chi connectivity index (χ1v) is 6.31. The quantitative estimate of drug-likeness (QED) is 0.877. The largest absolute Gasteiger partial charge is 0.435 e. The molecule has 2 N–H and O–H groups in total. The van der Waals surface area contributed by atoms with Crippen LogP contribution in [0.4, 0.5) is 14.5 Å². The van der Waals surface area contributed by atoms with Crippen LogP contribution in [-0.4, -0.2) is 25.0 Å². The molecule has 0 unspecified atom stereocenters. The number of carbonyl (C=O) groups is 2. The molecule has 0 spiro atoms. The number of carbonyl (C=O) groups excluding carboxylic acids is 2. The fourth-order valence-corrected chi connectivity index (χ4v) is 1.35. The molecule has 0 fully saturated rings. The van der Waals surface area contributed by atoms with Crippen molar-refractivity contribution >= 4 is 17.5 Å². The van der Waals surface area contributed by atoms with Crippen LogP contribution in [0.2, 0.25) is 0 Å². The van der Waals surface area contributed by atoms with Gasteiger partial charge in [0.1, 0.15) is 5.75 Å². The van der Waals surface area contributed by atoms with Gasteiger partial charge in [-0.05, 0) is 24.3 Å². The second-order valence-corrected chi connectivity index (χ2v) is 5.38. The molecule has 0 bridgehead atoms. The summed E-state index contributed by atoms with van der Waals surface area (Å²) in [4.78, 5) is 23.2. The van der Waals surface area contributed by atoms with Gasteiger partial charge < -0.3 is 15.4 Å². The number of amides is 2. The van der Waals surface area contributed by atoms with Crippen LogP contribution in [0, 0.1) is 5.41 Å². The summed E-state index contributed by atoms with van der Waals surface area (Å²) < 4.78 is 28.1. The molecule has 21 heavy (non-hydrogen) atoms. The van der Waals surface area contributed by atoms with Gasteiger partial charge in [0.15, 0.2) is 0 Å². The van der Waals surface area contributed by atoms with Gasteiger partial charge >= 0.3 is 6.61 Å². The van der Waals surface area contributed by atoms with Gasteiger partial charge in [-0.3, -0.25) is 9.59 Å². The molecule has 0 aliphatic rings. The number of nitrogens with one attached hydrogen (secondary N) is 2. The molecule has 0 saturated carbocycles. The first kappa shape index (κ1) is 16.9. The van der Waals surface area contributed by atoms with E-state index in [-0.39, 0.29) is 18.2 Å². The molecule has 0 aromatic heterocycles. The highest BCUT2D eigenvalue weighted by Gasteiger charge is 2.21. The van der Waals surface area contributed by atoms with E-state index in [1.807, 2.05) is 0 Å². The molecular formula is C14H18F2N2O3. The standard InChI is InChI=1S/C14H18F2N2O3/c1-14(2,3)12(20)17-8-11(19)18-9-4-6-10(7-5-9)21-13(15)16/h4-7,13H,8H2,1-3H3,(H,17,20)(H,18,19). The minimum absolute atomic E-state index is 0.00374. The van der Waals surface area contributed by atoms with Gasteiger partial charge in [0.25, 0.3) is 0 Å². The summed E-state index contributed by atoms with van der Waals surface area (Å²) >= 11 is 0. The zero-order chi connectivity index (χ0) is 16.0. The van der Waals surface area contributed by atoms with E-state index in [4.69, 9.17) is 0 Å². The lowest BCUT2D eigenvalue weighted by Gasteiger charge is -2.17. The molecule has 0 radical (unpaired) electrons. The smallest absolute Gasteiger partial charge is 0.387 e. The molecule has 1 rings (SSSR count). The molecule has 1 aromatic carbocycles. The fraction of sp³-hybridized carbons (Fsp3) is 0.429. The minimum Gasteiger partial charge on any atom is -0.435 e. The predicted molar refractivity (Wildman–Crippen MR) is 74.2 cm³/mol. The van der Waals surface area contributed by atoms with Gasteiger partial charge in [-0.25, -0.2) is 0 Å². The van der Waals surface area contributed by atoms with Crippen molar-refractivity contribution in [1.82, 2.24) is 5.32 Å². The summed E-state index contributed by atoms with van der Waals surface area (Å²) in [5.41, 5.74) is -0.152. The SMILES string of the molecule is CC(C)(C)C(=O)NCC(=O)Nc1ccc(OC(F)F)cc1. The summed E-state index contributed by atoms with van der Waals surface area (Å²) in [7, 11) is 0. The van der Waals surface area contributed by atoms with E-state index in [0.717, 1.165) is 0 Å². The summed E-state index contributed by atoms with van der Waals surface area (Å²) in [6.45, 7) is 2.16. The van der Waals surface area contributed by atoms with Gasteiger partial charge in [0.2, 0.25) is 11.8 Å².